The van der Waals surface area contributed by atoms with Gasteiger partial charge in [0.25, 0.3) is 11.1 Å². The lowest BCUT2D eigenvalue weighted by Crippen LogP contribution is -2.14. The van der Waals surface area contributed by atoms with E-state index < -0.39 is 0 Å². The molecule has 0 radical (unpaired) electrons. The number of carbonyl (C=O) groups is 1. The molecule has 0 bridgehead atoms. The predicted octanol–water partition coefficient (Wildman–Crippen LogP) is 2.83. The highest BCUT2D eigenvalue weighted by molar-refractivity contribution is 7.99. The van der Waals surface area contributed by atoms with Crippen molar-refractivity contribution in [2.45, 2.75) is 12.1 Å². The van der Waals surface area contributed by atoms with Crippen LogP contribution in [-0.2, 0) is 4.79 Å². The van der Waals surface area contributed by atoms with Crippen LogP contribution in [0.3, 0.4) is 0 Å². The van der Waals surface area contributed by atoms with E-state index in [0.717, 1.165) is 4.88 Å². The molecule has 1 amide bonds. The van der Waals surface area contributed by atoms with E-state index in [0.29, 0.717) is 22.7 Å². The van der Waals surface area contributed by atoms with Gasteiger partial charge in [-0.05, 0) is 18.4 Å². The van der Waals surface area contributed by atoms with Crippen molar-refractivity contribution in [2.75, 3.05) is 11.1 Å². The van der Waals surface area contributed by atoms with Gasteiger partial charge in [0, 0.05) is 6.07 Å². The number of rotatable bonds is 5. The molecular formula is C12H10N4O3S2. The zero-order chi connectivity index (χ0) is 14.7. The van der Waals surface area contributed by atoms with E-state index in [4.69, 9.17) is 8.94 Å². The number of nitrogens with one attached hydrogen (secondary N) is 1. The Bertz CT molecular complexity index is 735. The van der Waals surface area contributed by atoms with Gasteiger partial charge in [-0.2, -0.15) is 0 Å². The Balaban J connectivity index is 1.54. The largest absolute Gasteiger partial charge is 0.410 e. The number of aryl methyl sites for hydroxylation is 1. The average Bonchev–Trinajstić information content (AvgIpc) is 3.17. The Kier molecular flexibility index (Phi) is 4.02. The van der Waals surface area contributed by atoms with Crippen LogP contribution in [0.2, 0.25) is 0 Å². The van der Waals surface area contributed by atoms with Crippen molar-refractivity contribution in [2.24, 2.45) is 0 Å². The molecule has 3 aromatic heterocycles. The molecule has 21 heavy (non-hydrogen) atoms. The highest BCUT2D eigenvalue weighted by Gasteiger charge is 2.12. The van der Waals surface area contributed by atoms with Gasteiger partial charge in [0.15, 0.2) is 5.82 Å². The summed E-state index contributed by atoms with van der Waals surface area (Å²) in [6.07, 6.45) is 0. The smallest absolute Gasteiger partial charge is 0.277 e. The van der Waals surface area contributed by atoms with Crippen LogP contribution in [0.1, 0.15) is 5.76 Å². The second kappa shape index (κ2) is 6.10. The van der Waals surface area contributed by atoms with Crippen LogP contribution in [0, 0.1) is 6.92 Å². The number of nitrogens with zero attached hydrogens (tertiary/aromatic N) is 3. The number of thioether (sulfide) groups is 1. The molecule has 3 heterocycles. The number of anilines is 1. The maximum Gasteiger partial charge on any atom is 0.277 e. The van der Waals surface area contributed by atoms with Gasteiger partial charge >= 0.3 is 0 Å². The van der Waals surface area contributed by atoms with Gasteiger partial charge in [-0.3, -0.25) is 4.79 Å². The standard InChI is InChI=1S/C12H10N4O3S2/c1-7-5-9(16-19-7)13-10(17)6-21-12-15-14-11(18-12)8-3-2-4-20-8/h2-5H,6H2,1H3,(H,13,16,17). The molecule has 0 aliphatic carbocycles. The Labute approximate surface area is 127 Å². The lowest BCUT2D eigenvalue weighted by molar-refractivity contribution is -0.113. The maximum absolute atomic E-state index is 11.7. The Morgan fingerprint density at radius 1 is 1.48 bits per heavy atom. The Hall–Kier alpha value is -2.13. The van der Waals surface area contributed by atoms with Crippen LogP contribution < -0.4 is 5.32 Å². The molecule has 0 saturated carbocycles. The lowest BCUT2D eigenvalue weighted by atomic mass is 10.5. The van der Waals surface area contributed by atoms with E-state index in [1.54, 1.807) is 13.0 Å². The molecule has 0 saturated heterocycles. The van der Waals surface area contributed by atoms with Crippen molar-refractivity contribution in [1.29, 1.82) is 0 Å². The van der Waals surface area contributed by atoms with Crippen LogP contribution in [0.5, 0.6) is 0 Å². The fraction of sp³-hybridized carbons (Fsp3) is 0.167. The van der Waals surface area contributed by atoms with Crippen molar-refractivity contribution in [3.8, 4) is 10.8 Å². The molecule has 3 aromatic rings. The minimum Gasteiger partial charge on any atom is -0.410 e. The van der Waals surface area contributed by atoms with E-state index >= 15 is 0 Å². The summed E-state index contributed by atoms with van der Waals surface area (Å²) in [4.78, 5) is 12.6. The number of carbonyl (C=O) groups excluding carboxylic acids is 1. The minimum atomic E-state index is -0.218. The number of hydrogen-bond donors (Lipinski definition) is 1. The number of thiophene rings is 1. The zero-order valence-corrected chi connectivity index (χ0v) is 12.5. The van der Waals surface area contributed by atoms with Crippen LogP contribution in [0.15, 0.2) is 37.7 Å². The molecule has 0 aliphatic heterocycles. The van der Waals surface area contributed by atoms with E-state index in [-0.39, 0.29) is 11.7 Å². The van der Waals surface area contributed by atoms with E-state index in [1.807, 2.05) is 17.5 Å². The third-order valence-corrected chi connectivity index (χ3v) is 4.04. The Morgan fingerprint density at radius 3 is 3.10 bits per heavy atom. The molecule has 0 atom stereocenters. The van der Waals surface area contributed by atoms with E-state index in [1.165, 1.54) is 23.1 Å². The molecule has 0 unspecified atom stereocenters. The van der Waals surface area contributed by atoms with Crippen LogP contribution in [0.25, 0.3) is 10.8 Å². The fourth-order valence-electron chi connectivity index (χ4n) is 1.50. The van der Waals surface area contributed by atoms with Crippen LogP contribution in [0.4, 0.5) is 5.82 Å². The first kappa shape index (κ1) is 13.8. The monoisotopic (exact) mass is 322 g/mol. The third kappa shape index (κ3) is 3.50. The summed E-state index contributed by atoms with van der Waals surface area (Å²) in [5, 5.41) is 16.4. The van der Waals surface area contributed by atoms with Crippen molar-refractivity contribution in [3.63, 3.8) is 0 Å². The van der Waals surface area contributed by atoms with Gasteiger partial charge in [-0.25, -0.2) is 0 Å². The maximum atomic E-state index is 11.7. The van der Waals surface area contributed by atoms with Crippen molar-refractivity contribution >= 4 is 34.8 Å². The highest BCUT2D eigenvalue weighted by atomic mass is 32.2. The first-order valence-electron chi connectivity index (χ1n) is 5.94. The zero-order valence-electron chi connectivity index (χ0n) is 10.9. The van der Waals surface area contributed by atoms with Gasteiger partial charge < -0.3 is 14.3 Å². The molecule has 0 aliphatic rings. The summed E-state index contributed by atoms with van der Waals surface area (Å²) >= 11 is 2.68. The van der Waals surface area contributed by atoms with Crippen LogP contribution in [-0.4, -0.2) is 27.0 Å². The molecule has 108 valence electrons. The molecule has 3 rings (SSSR count). The summed E-state index contributed by atoms with van der Waals surface area (Å²) in [5.41, 5.74) is 0. The summed E-state index contributed by atoms with van der Waals surface area (Å²) in [7, 11) is 0. The second-order valence-corrected chi connectivity index (χ2v) is 5.88. The number of hydrogen-bond acceptors (Lipinski definition) is 8. The first-order chi connectivity index (χ1) is 10.2. The van der Waals surface area contributed by atoms with Gasteiger partial charge in [0.2, 0.25) is 5.91 Å². The van der Waals surface area contributed by atoms with E-state index in [9.17, 15) is 4.79 Å². The fourth-order valence-corrected chi connectivity index (χ4v) is 2.71. The predicted molar refractivity (Wildman–Crippen MR) is 78.2 cm³/mol. The third-order valence-electron chi connectivity index (χ3n) is 2.36. The van der Waals surface area contributed by atoms with E-state index in [2.05, 4.69) is 20.7 Å². The summed E-state index contributed by atoms with van der Waals surface area (Å²) in [6, 6.07) is 5.45. The highest BCUT2D eigenvalue weighted by Crippen LogP contribution is 2.26. The quantitative estimate of drug-likeness (QED) is 0.722. The molecule has 0 aromatic carbocycles. The van der Waals surface area contributed by atoms with Crippen molar-refractivity contribution in [1.82, 2.24) is 15.4 Å². The van der Waals surface area contributed by atoms with Gasteiger partial charge in [-0.15, -0.1) is 21.5 Å². The van der Waals surface area contributed by atoms with Gasteiger partial charge in [0.1, 0.15) is 5.76 Å². The molecule has 0 fully saturated rings. The van der Waals surface area contributed by atoms with Crippen molar-refractivity contribution < 1.29 is 13.7 Å². The summed E-state index contributed by atoms with van der Waals surface area (Å²) in [5.74, 6) is 1.42. The summed E-state index contributed by atoms with van der Waals surface area (Å²) < 4.78 is 10.3. The first-order valence-corrected chi connectivity index (χ1v) is 7.80. The number of aromatic nitrogens is 3. The number of amides is 1. The molecule has 7 nitrogen and oxygen atoms in total. The topological polar surface area (TPSA) is 94.1 Å². The molecule has 1 N–H and O–H groups in total. The second-order valence-electron chi connectivity index (χ2n) is 4.01. The average molecular weight is 322 g/mol. The molecule has 0 spiro atoms. The summed E-state index contributed by atoms with van der Waals surface area (Å²) in [6.45, 7) is 1.75. The van der Waals surface area contributed by atoms with Gasteiger partial charge in [-0.1, -0.05) is 23.0 Å². The van der Waals surface area contributed by atoms with Crippen molar-refractivity contribution in [3.05, 3.63) is 29.3 Å². The minimum absolute atomic E-state index is 0.151. The SMILES string of the molecule is Cc1cc(NC(=O)CSc2nnc(-c3cccs3)o2)no1. The molecular weight excluding hydrogens is 312 g/mol. The van der Waals surface area contributed by atoms with Crippen LogP contribution >= 0.6 is 23.1 Å². The normalized spacial score (nSPS) is 10.7. The van der Waals surface area contributed by atoms with Gasteiger partial charge in [0.05, 0.1) is 10.6 Å². The molecule has 9 heteroatoms. The Morgan fingerprint density at radius 2 is 2.38 bits per heavy atom. The lowest BCUT2D eigenvalue weighted by Gasteiger charge is -1.97.